The first-order valence-corrected chi connectivity index (χ1v) is 10.4. The van der Waals surface area contributed by atoms with E-state index in [0.29, 0.717) is 12.0 Å². The topological polar surface area (TPSA) is 49.8 Å². The molecule has 0 atom stereocenters. The van der Waals surface area contributed by atoms with E-state index in [0.717, 1.165) is 22.4 Å². The third-order valence-electron chi connectivity index (χ3n) is 5.53. The minimum Gasteiger partial charge on any atom is -0.367 e. The summed E-state index contributed by atoms with van der Waals surface area (Å²) in [5.41, 5.74) is 3.38. The Hall–Kier alpha value is -2.62. The molecule has 2 aromatic carbocycles. The molecule has 1 fully saturated rings. The zero-order valence-electron chi connectivity index (χ0n) is 17.1. The van der Waals surface area contributed by atoms with Gasteiger partial charge in [0.05, 0.1) is 5.52 Å². The second-order valence-corrected chi connectivity index (χ2v) is 8.85. The van der Waals surface area contributed by atoms with Crippen molar-refractivity contribution in [3.05, 3.63) is 54.1 Å². The lowest BCUT2D eigenvalue weighted by Crippen LogP contribution is -2.23. The Bertz CT molecular complexity index is 952. The predicted octanol–water partition coefficient (Wildman–Crippen LogP) is 6.42. The fourth-order valence-electron chi connectivity index (χ4n) is 3.88. The van der Waals surface area contributed by atoms with Crippen molar-refractivity contribution in [3.63, 3.8) is 0 Å². The van der Waals surface area contributed by atoms with Crippen LogP contribution < -0.4 is 10.6 Å². The van der Waals surface area contributed by atoms with E-state index < -0.39 is 0 Å². The summed E-state index contributed by atoms with van der Waals surface area (Å²) in [6, 6.07) is 17.3. The van der Waals surface area contributed by atoms with Crippen molar-refractivity contribution in [2.45, 2.75) is 64.3 Å². The third-order valence-corrected chi connectivity index (χ3v) is 5.53. The highest BCUT2D eigenvalue weighted by molar-refractivity contribution is 5.90. The molecule has 4 heteroatoms. The van der Waals surface area contributed by atoms with E-state index in [1.807, 2.05) is 6.07 Å². The van der Waals surface area contributed by atoms with Gasteiger partial charge in [0.1, 0.15) is 5.82 Å². The maximum absolute atomic E-state index is 4.85. The Morgan fingerprint density at radius 1 is 0.893 bits per heavy atom. The quantitative estimate of drug-likeness (QED) is 0.553. The van der Waals surface area contributed by atoms with Gasteiger partial charge in [-0.25, -0.2) is 4.98 Å². The van der Waals surface area contributed by atoms with Gasteiger partial charge in [0, 0.05) is 17.1 Å². The second-order valence-electron chi connectivity index (χ2n) is 8.85. The average molecular weight is 375 g/mol. The minimum absolute atomic E-state index is 0.107. The maximum Gasteiger partial charge on any atom is 0.229 e. The van der Waals surface area contributed by atoms with Gasteiger partial charge in [0.25, 0.3) is 0 Å². The zero-order valence-corrected chi connectivity index (χ0v) is 17.1. The standard InChI is InChI=1S/C24H30N4/c1-24(2,3)17-10-9-13-19(16-17)26-23-27-21-15-8-7-14-20(21)22(28-23)25-18-11-5-4-6-12-18/h7-10,13-16,18H,4-6,11-12H2,1-3H3,(H2,25,26,27,28). The van der Waals surface area contributed by atoms with Crippen molar-refractivity contribution in [1.82, 2.24) is 9.97 Å². The number of benzene rings is 2. The van der Waals surface area contributed by atoms with Crippen LogP contribution in [-0.4, -0.2) is 16.0 Å². The highest BCUT2D eigenvalue weighted by Crippen LogP contribution is 2.29. The maximum atomic E-state index is 4.85. The zero-order chi connectivity index (χ0) is 19.6. The smallest absolute Gasteiger partial charge is 0.229 e. The monoisotopic (exact) mass is 374 g/mol. The second kappa shape index (κ2) is 7.78. The largest absolute Gasteiger partial charge is 0.367 e. The van der Waals surface area contributed by atoms with Gasteiger partial charge in [-0.1, -0.05) is 64.3 Å². The van der Waals surface area contributed by atoms with Gasteiger partial charge >= 0.3 is 0 Å². The van der Waals surface area contributed by atoms with Crippen LogP contribution in [-0.2, 0) is 5.41 Å². The Balaban J connectivity index is 1.66. The van der Waals surface area contributed by atoms with Crippen LogP contribution in [0.4, 0.5) is 17.5 Å². The van der Waals surface area contributed by atoms with Crippen LogP contribution in [0.5, 0.6) is 0 Å². The van der Waals surface area contributed by atoms with E-state index in [-0.39, 0.29) is 5.41 Å². The van der Waals surface area contributed by atoms with Gasteiger partial charge < -0.3 is 10.6 Å². The third kappa shape index (κ3) is 4.27. The van der Waals surface area contributed by atoms with Crippen molar-refractivity contribution in [2.24, 2.45) is 0 Å². The van der Waals surface area contributed by atoms with Crippen LogP contribution in [0.1, 0.15) is 58.4 Å². The molecule has 1 saturated carbocycles. The number of nitrogens with one attached hydrogen (secondary N) is 2. The number of hydrogen-bond donors (Lipinski definition) is 2. The summed E-state index contributed by atoms with van der Waals surface area (Å²) in [6.07, 6.45) is 6.37. The molecule has 1 heterocycles. The van der Waals surface area contributed by atoms with Crippen LogP contribution in [0.25, 0.3) is 10.9 Å². The van der Waals surface area contributed by atoms with Crippen LogP contribution >= 0.6 is 0 Å². The van der Waals surface area contributed by atoms with Crippen molar-refractivity contribution in [3.8, 4) is 0 Å². The first-order valence-electron chi connectivity index (χ1n) is 10.4. The summed E-state index contributed by atoms with van der Waals surface area (Å²) in [4.78, 5) is 9.60. The van der Waals surface area contributed by atoms with Crippen LogP contribution in [0.2, 0.25) is 0 Å². The molecular weight excluding hydrogens is 344 g/mol. The normalized spacial score (nSPS) is 15.5. The Kier molecular flexibility index (Phi) is 5.21. The molecule has 0 saturated heterocycles. The number of hydrogen-bond acceptors (Lipinski definition) is 4. The predicted molar refractivity (Wildman–Crippen MR) is 118 cm³/mol. The highest BCUT2D eigenvalue weighted by atomic mass is 15.2. The molecule has 0 unspecified atom stereocenters. The van der Waals surface area contributed by atoms with E-state index in [4.69, 9.17) is 9.97 Å². The molecular formula is C24H30N4. The van der Waals surface area contributed by atoms with Crippen molar-refractivity contribution in [2.75, 3.05) is 10.6 Å². The summed E-state index contributed by atoms with van der Waals surface area (Å²) >= 11 is 0. The number of nitrogens with zero attached hydrogens (tertiary/aromatic N) is 2. The fraction of sp³-hybridized carbons (Fsp3) is 0.417. The summed E-state index contributed by atoms with van der Waals surface area (Å²) in [5, 5.41) is 8.20. The average Bonchev–Trinajstić information content (AvgIpc) is 2.68. The highest BCUT2D eigenvalue weighted by Gasteiger charge is 2.17. The van der Waals surface area contributed by atoms with Gasteiger partial charge in [-0.2, -0.15) is 4.98 Å². The van der Waals surface area contributed by atoms with E-state index in [2.05, 4.69) is 73.9 Å². The van der Waals surface area contributed by atoms with E-state index in [1.54, 1.807) is 0 Å². The lowest BCUT2D eigenvalue weighted by atomic mass is 9.87. The number of para-hydroxylation sites is 1. The van der Waals surface area contributed by atoms with Gasteiger partial charge in [-0.05, 0) is 48.1 Å². The molecule has 0 amide bonds. The number of rotatable bonds is 4. The van der Waals surface area contributed by atoms with Crippen molar-refractivity contribution >= 4 is 28.4 Å². The Morgan fingerprint density at radius 2 is 1.68 bits per heavy atom. The summed E-state index contributed by atoms with van der Waals surface area (Å²) in [6.45, 7) is 6.68. The summed E-state index contributed by atoms with van der Waals surface area (Å²) in [5.74, 6) is 1.58. The first kappa shape index (κ1) is 18.7. The number of anilines is 3. The Morgan fingerprint density at radius 3 is 2.46 bits per heavy atom. The number of aromatic nitrogens is 2. The van der Waals surface area contributed by atoms with E-state index >= 15 is 0 Å². The lowest BCUT2D eigenvalue weighted by Gasteiger charge is -2.24. The van der Waals surface area contributed by atoms with Gasteiger partial charge in [-0.3, -0.25) is 0 Å². The molecule has 3 aromatic rings. The molecule has 28 heavy (non-hydrogen) atoms. The molecule has 0 spiro atoms. The minimum atomic E-state index is 0.107. The SMILES string of the molecule is CC(C)(C)c1cccc(Nc2nc(NC3CCCCC3)c3ccccc3n2)c1. The molecule has 0 aliphatic heterocycles. The van der Waals surface area contributed by atoms with Crippen LogP contribution in [0.3, 0.4) is 0 Å². The molecule has 1 aliphatic rings. The molecule has 1 aromatic heterocycles. The van der Waals surface area contributed by atoms with E-state index in [1.165, 1.54) is 37.7 Å². The molecule has 4 rings (SSSR count). The molecule has 0 radical (unpaired) electrons. The number of fused-ring (bicyclic) bond motifs is 1. The van der Waals surface area contributed by atoms with Crippen LogP contribution in [0, 0.1) is 0 Å². The van der Waals surface area contributed by atoms with Gasteiger partial charge in [0.15, 0.2) is 0 Å². The van der Waals surface area contributed by atoms with Crippen molar-refractivity contribution < 1.29 is 0 Å². The molecule has 146 valence electrons. The van der Waals surface area contributed by atoms with Gasteiger partial charge in [0.2, 0.25) is 5.95 Å². The Labute approximate surface area is 167 Å². The molecule has 4 nitrogen and oxygen atoms in total. The van der Waals surface area contributed by atoms with Crippen LogP contribution in [0.15, 0.2) is 48.5 Å². The summed E-state index contributed by atoms with van der Waals surface area (Å²) < 4.78 is 0. The molecule has 1 aliphatic carbocycles. The van der Waals surface area contributed by atoms with E-state index in [9.17, 15) is 0 Å². The lowest BCUT2D eigenvalue weighted by molar-refractivity contribution is 0.462. The van der Waals surface area contributed by atoms with Crippen molar-refractivity contribution in [1.29, 1.82) is 0 Å². The first-order chi connectivity index (χ1) is 13.5. The van der Waals surface area contributed by atoms with Gasteiger partial charge in [-0.15, -0.1) is 0 Å². The summed E-state index contributed by atoms with van der Waals surface area (Å²) in [7, 11) is 0. The fourth-order valence-corrected chi connectivity index (χ4v) is 3.88. The molecule has 2 N–H and O–H groups in total. The molecule has 0 bridgehead atoms.